The molecule has 1 N–H and O–H groups in total. The molecule has 6 heteroatoms. The predicted molar refractivity (Wildman–Crippen MR) is 107 cm³/mol. The Kier molecular flexibility index (Phi) is 7.06. The van der Waals surface area contributed by atoms with Crippen LogP contribution in [0.5, 0.6) is 0 Å². The van der Waals surface area contributed by atoms with Gasteiger partial charge in [-0.2, -0.15) is 0 Å². The third-order valence-electron chi connectivity index (χ3n) is 5.20. The monoisotopic (exact) mass is 432 g/mol. The molecule has 3 rings (SSSR count). The molecule has 2 atom stereocenters. The van der Waals surface area contributed by atoms with Gasteiger partial charge in [-0.3, -0.25) is 4.79 Å². The molecule has 2 saturated heterocycles. The number of carbonyl (C=O) groups is 1. The molecule has 0 spiro atoms. The molecule has 2 unspecified atom stereocenters. The number of nitrogens with zero attached hydrogens (tertiary/aromatic N) is 1. The molecule has 2 fully saturated rings. The molecule has 0 aliphatic carbocycles. The summed E-state index contributed by atoms with van der Waals surface area (Å²) in [5.41, 5.74) is 2.44. The number of piperidine rings is 1. The molecule has 1 aromatic carbocycles. The van der Waals surface area contributed by atoms with Crippen LogP contribution in [-0.2, 0) is 4.79 Å². The SMILES string of the molecule is Cc1cc(SCC(=O)N(C)C2CC3CCC(C2)N3)c(C)cc1Br.Cl. The largest absolute Gasteiger partial charge is 0.342 e. The van der Waals surface area contributed by atoms with Crippen LogP contribution in [0.15, 0.2) is 21.5 Å². The highest BCUT2D eigenvalue weighted by Gasteiger charge is 2.36. The zero-order valence-electron chi connectivity index (χ0n) is 14.5. The molecule has 2 aliphatic heterocycles. The third-order valence-corrected chi connectivity index (χ3v) is 7.19. The molecule has 134 valence electrons. The van der Waals surface area contributed by atoms with Crippen molar-refractivity contribution in [3.05, 3.63) is 27.7 Å². The Morgan fingerprint density at radius 3 is 2.50 bits per heavy atom. The summed E-state index contributed by atoms with van der Waals surface area (Å²) in [6.45, 7) is 4.19. The second kappa shape index (κ2) is 8.43. The van der Waals surface area contributed by atoms with Crippen LogP contribution < -0.4 is 5.32 Å². The molecular weight excluding hydrogens is 408 g/mol. The highest BCUT2D eigenvalue weighted by atomic mass is 79.9. The van der Waals surface area contributed by atoms with E-state index in [-0.39, 0.29) is 18.3 Å². The van der Waals surface area contributed by atoms with E-state index < -0.39 is 0 Å². The summed E-state index contributed by atoms with van der Waals surface area (Å²) in [5, 5.41) is 3.64. The van der Waals surface area contributed by atoms with Gasteiger partial charge in [0.25, 0.3) is 0 Å². The molecule has 0 saturated carbocycles. The smallest absolute Gasteiger partial charge is 0.232 e. The number of hydrogen-bond donors (Lipinski definition) is 1. The first-order chi connectivity index (χ1) is 10.9. The van der Waals surface area contributed by atoms with E-state index in [2.05, 4.69) is 47.2 Å². The van der Waals surface area contributed by atoms with E-state index in [9.17, 15) is 4.79 Å². The predicted octanol–water partition coefficient (Wildman–Crippen LogP) is 4.32. The van der Waals surface area contributed by atoms with Gasteiger partial charge in [-0.05, 0) is 62.8 Å². The van der Waals surface area contributed by atoms with Gasteiger partial charge >= 0.3 is 0 Å². The molecular formula is C18H26BrClN2OS. The van der Waals surface area contributed by atoms with Crippen molar-refractivity contribution in [2.75, 3.05) is 12.8 Å². The lowest BCUT2D eigenvalue weighted by molar-refractivity contribution is -0.129. The first-order valence-corrected chi connectivity index (χ1v) is 10.1. The Morgan fingerprint density at radius 2 is 1.88 bits per heavy atom. The highest BCUT2D eigenvalue weighted by Crippen LogP contribution is 2.31. The van der Waals surface area contributed by atoms with E-state index in [1.165, 1.54) is 28.9 Å². The van der Waals surface area contributed by atoms with E-state index >= 15 is 0 Å². The van der Waals surface area contributed by atoms with Gasteiger partial charge in [0.2, 0.25) is 5.91 Å². The van der Waals surface area contributed by atoms with Gasteiger partial charge in [-0.1, -0.05) is 15.9 Å². The number of hydrogen-bond acceptors (Lipinski definition) is 3. The van der Waals surface area contributed by atoms with Gasteiger partial charge in [0.05, 0.1) is 5.75 Å². The maximum atomic E-state index is 12.6. The van der Waals surface area contributed by atoms with E-state index in [1.807, 2.05) is 11.9 Å². The minimum atomic E-state index is 0. The van der Waals surface area contributed by atoms with Crippen LogP contribution in [0, 0.1) is 13.8 Å². The fourth-order valence-electron chi connectivity index (χ4n) is 3.70. The molecule has 2 heterocycles. The Labute approximate surface area is 163 Å². The number of halogens is 2. The number of nitrogens with one attached hydrogen (secondary N) is 1. The lowest BCUT2D eigenvalue weighted by atomic mass is 9.98. The van der Waals surface area contributed by atoms with Gasteiger partial charge in [0.1, 0.15) is 0 Å². The van der Waals surface area contributed by atoms with Gasteiger partial charge in [0, 0.05) is 34.5 Å². The van der Waals surface area contributed by atoms with E-state index in [1.54, 1.807) is 11.8 Å². The normalized spacial score (nSPS) is 25.2. The average molecular weight is 434 g/mol. The van der Waals surface area contributed by atoms with E-state index in [0.29, 0.717) is 23.9 Å². The maximum Gasteiger partial charge on any atom is 0.232 e. The van der Waals surface area contributed by atoms with Crippen LogP contribution in [0.1, 0.15) is 36.8 Å². The van der Waals surface area contributed by atoms with Crippen molar-refractivity contribution in [1.82, 2.24) is 10.2 Å². The van der Waals surface area contributed by atoms with Crippen LogP contribution in [0.4, 0.5) is 0 Å². The summed E-state index contributed by atoms with van der Waals surface area (Å²) in [4.78, 5) is 15.8. The minimum absolute atomic E-state index is 0. The summed E-state index contributed by atoms with van der Waals surface area (Å²) in [6.07, 6.45) is 4.77. The lowest BCUT2D eigenvalue weighted by Gasteiger charge is -2.35. The fraction of sp³-hybridized carbons (Fsp3) is 0.611. The second-order valence-electron chi connectivity index (χ2n) is 6.92. The van der Waals surface area contributed by atoms with E-state index in [4.69, 9.17) is 0 Å². The standard InChI is InChI=1S/C18H25BrN2OS.ClH/c1-11-7-17(12(2)6-16(11)19)23-10-18(22)21(3)15-8-13-4-5-14(9-15)20-13;/h6-7,13-15,20H,4-5,8-10H2,1-3H3;1H. The van der Waals surface area contributed by atoms with Crippen LogP contribution in [0.2, 0.25) is 0 Å². The van der Waals surface area contributed by atoms with Crippen molar-refractivity contribution in [3.8, 4) is 0 Å². The molecule has 1 aromatic rings. The van der Waals surface area contributed by atoms with Crippen molar-refractivity contribution in [2.45, 2.75) is 62.6 Å². The number of aryl methyl sites for hydroxylation is 2. The number of thioether (sulfide) groups is 1. The lowest BCUT2D eigenvalue weighted by Crippen LogP contribution is -2.49. The molecule has 2 bridgehead atoms. The van der Waals surface area contributed by atoms with Crippen molar-refractivity contribution in [2.24, 2.45) is 0 Å². The van der Waals surface area contributed by atoms with Crippen LogP contribution in [0.3, 0.4) is 0 Å². The van der Waals surface area contributed by atoms with Crippen molar-refractivity contribution >= 4 is 46.0 Å². The number of rotatable bonds is 4. The maximum absolute atomic E-state index is 12.6. The van der Waals surface area contributed by atoms with E-state index in [0.717, 1.165) is 17.3 Å². The van der Waals surface area contributed by atoms with Crippen LogP contribution in [-0.4, -0.2) is 41.7 Å². The summed E-state index contributed by atoms with van der Waals surface area (Å²) in [6, 6.07) is 5.96. The average Bonchev–Trinajstić information content (AvgIpc) is 2.86. The second-order valence-corrected chi connectivity index (χ2v) is 8.79. The Bertz CT molecular complexity index is 601. The fourth-order valence-corrected chi connectivity index (χ4v) is 5.19. The summed E-state index contributed by atoms with van der Waals surface area (Å²) < 4.78 is 1.13. The molecule has 24 heavy (non-hydrogen) atoms. The van der Waals surface area contributed by atoms with Gasteiger partial charge in [-0.25, -0.2) is 0 Å². The number of amides is 1. The Hall–Kier alpha value is -0.230. The van der Waals surface area contributed by atoms with Gasteiger partial charge in [-0.15, -0.1) is 24.2 Å². The Balaban J connectivity index is 0.00000208. The Morgan fingerprint density at radius 1 is 1.25 bits per heavy atom. The van der Waals surface area contributed by atoms with Gasteiger partial charge < -0.3 is 10.2 Å². The van der Waals surface area contributed by atoms with Crippen LogP contribution in [0.25, 0.3) is 0 Å². The number of fused-ring (bicyclic) bond motifs is 2. The molecule has 3 nitrogen and oxygen atoms in total. The minimum Gasteiger partial charge on any atom is -0.342 e. The number of benzene rings is 1. The van der Waals surface area contributed by atoms with Crippen molar-refractivity contribution in [3.63, 3.8) is 0 Å². The summed E-state index contributed by atoms with van der Waals surface area (Å²) in [7, 11) is 1.98. The molecule has 0 radical (unpaired) electrons. The van der Waals surface area contributed by atoms with Gasteiger partial charge in [0.15, 0.2) is 0 Å². The first-order valence-electron chi connectivity index (χ1n) is 8.35. The highest BCUT2D eigenvalue weighted by molar-refractivity contribution is 9.10. The van der Waals surface area contributed by atoms with Crippen molar-refractivity contribution in [1.29, 1.82) is 0 Å². The van der Waals surface area contributed by atoms with Crippen LogP contribution >= 0.6 is 40.1 Å². The topological polar surface area (TPSA) is 32.3 Å². The summed E-state index contributed by atoms with van der Waals surface area (Å²) >= 11 is 5.22. The molecule has 0 aromatic heterocycles. The summed E-state index contributed by atoms with van der Waals surface area (Å²) in [5.74, 6) is 0.777. The third kappa shape index (κ3) is 4.48. The van der Waals surface area contributed by atoms with Crippen molar-refractivity contribution < 1.29 is 4.79 Å². The number of carbonyl (C=O) groups excluding carboxylic acids is 1. The quantitative estimate of drug-likeness (QED) is 0.718. The molecule has 2 aliphatic rings. The molecule has 1 amide bonds. The first kappa shape index (κ1) is 20.1. The zero-order valence-corrected chi connectivity index (χ0v) is 17.7. The zero-order chi connectivity index (χ0) is 16.6.